The van der Waals surface area contributed by atoms with Crippen molar-refractivity contribution in [3.63, 3.8) is 0 Å². The molecular formula is C12H20FN3O3. The maximum absolute atomic E-state index is 13.4. The zero-order valence-electron chi connectivity index (χ0n) is 11.3. The molecule has 0 spiro atoms. The van der Waals surface area contributed by atoms with Crippen LogP contribution in [0.5, 0.6) is 5.88 Å². The summed E-state index contributed by atoms with van der Waals surface area (Å²) in [7, 11) is 1.60. The third-order valence-corrected chi connectivity index (χ3v) is 2.14. The van der Waals surface area contributed by atoms with Crippen LogP contribution in [-0.4, -0.2) is 50.1 Å². The predicted molar refractivity (Wildman–Crippen MR) is 69.0 cm³/mol. The smallest absolute Gasteiger partial charge is 0.255 e. The maximum atomic E-state index is 13.4. The van der Waals surface area contributed by atoms with Crippen LogP contribution in [0.3, 0.4) is 0 Å². The van der Waals surface area contributed by atoms with Crippen LogP contribution in [0.4, 0.5) is 10.3 Å². The second-order valence-corrected chi connectivity index (χ2v) is 3.73. The number of aromatic nitrogens is 2. The van der Waals surface area contributed by atoms with Crippen molar-refractivity contribution in [3.8, 4) is 5.88 Å². The average Bonchev–Trinajstić information content (AvgIpc) is 2.43. The fraction of sp³-hybridized carbons (Fsp3) is 0.667. The Hall–Kier alpha value is -1.47. The van der Waals surface area contributed by atoms with Gasteiger partial charge in [-0.15, -0.1) is 0 Å². The molecule has 1 heterocycles. The van der Waals surface area contributed by atoms with Crippen LogP contribution < -0.4 is 10.1 Å². The number of hydrogen-bond donors (Lipinski definition) is 1. The van der Waals surface area contributed by atoms with Crippen molar-refractivity contribution in [2.75, 3.05) is 45.4 Å². The SMILES string of the molecule is CCCNc1ncc(F)c(OCCOCCOC)n1. The lowest BCUT2D eigenvalue weighted by molar-refractivity contribution is 0.0529. The minimum absolute atomic E-state index is 0.0658. The fourth-order valence-corrected chi connectivity index (χ4v) is 1.22. The van der Waals surface area contributed by atoms with E-state index in [4.69, 9.17) is 14.2 Å². The van der Waals surface area contributed by atoms with Crippen LogP contribution in [-0.2, 0) is 9.47 Å². The number of hydrogen-bond acceptors (Lipinski definition) is 6. The number of nitrogens with one attached hydrogen (secondary N) is 1. The molecule has 7 heteroatoms. The van der Waals surface area contributed by atoms with Crippen LogP contribution >= 0.6 is 0 Å². The number of anilines is 1. The van der Waals surface area contributed by atoms with Crippen LogP contribution in [0.1, 0.15) is 13.3 Å². The van der Waals surface area contributed by atoms with Crippen LogP contribution in [0.15, 0.2) is 6.20 Å². The molecule has 19 heavy (non-hydrogen) atoms. The molecule has 6 nitrogen and oxygen atoms in total. The van der Waals surface area contributed by atoms with Crippen molar-refractivity contribution < 1.29 is 18.6 Å². The number of ether oxygens (including phenoxy) is 3. The van der Waals surface area contributed by atoms with Gasteiger partial charge in [-0.3, -0.25) is 0 Å². The van der Waals surface area contributed by atoms with Gasteiger partial charge in [0.05, 0.1) is 26.0 Å². The molecule has 0 radical (unpaired) electrons. The molecule has 108 valence electrons. The summed E-state index contributed by atoms with van der Waals surface area (Å²) in [6.07, 6.45) is 2.02. The Kier molecular flexibility index (Phi) is 7.76. The second-order valence-electron chi connectivity index (χ2n) is 3.73. The molecule has 0 aliphatic heterocycles. The molecule has 1 N–H and O–H groups in total. The Bertz CT molecular complexity index is 366. The standard InChI is InChI=1S/C12H20FN3O3/c1-3-4-14-12-15-9-10(13)11(16-12)19-8-7-18-6-5-17-2/h9H,3-8H2,1-2H3,(H,14,15,16). The van der Waals surface area contributed by atoms with E-state index < -0.39 is 5.82 Å². The topological polar surface area (TPSA) is 65.5 Å². The van der Waals surface area contributed by atoms with Crippen molar-refractivity contribution in [2.45, 2.75) is 13.3 Å². The van der Waals surface area contributed by atoms with Gasteiger partial charge in [-0.2, -0.15) is 9.37 Å². The Labute approximate surface area is 112 Å². The first-order valence-corrected chi connectivity index (χ1v) is 6.23. The van der Waals surface area contributed by atoms with Crippen molar-refractivity contribution in [1.82, 2.24) is 9.97 Å². The number of rotatable bonds is 10. The summed E-state index contributed by atoms with van der Waals surface area (Å²) >= 11 is 0. The van der Waals surface area contributed by atoms with E-state index in [1.165, 1.54) is 0 Å². The molecule has 0 amide bonds. The zero-order chi connectivity index (χ0) is 13.9. The summed E-state index contributed by atoms with van der Waals surface area (Å²) < 4.78 is 28.6. The molecule has 1 aromatic heterocycles. The van der Waals surface area contributed by atoms with Crippen molar-refractivity contribution in [1.29, 1.82) is 0 Å². The van der Waals surface area contributed by atoms with Gasteiger partial charge in [-0.05, 0) is 6.42 Å². The van der Waals surface area contributed by atoms with Crippen molar-refractivity contribution in [3.05, 3.63) is 12.0 Å². The van der Waals surface area contributed by atoms with Crippen LogP contribution in [0.25, 0.3) is 0 Å². The molecular weight excluding hydrogens is 253 g/mol. The second kappa shape index (κ2) is 9.46. The summed E-state index contributed by atoms with van der Waals surface area (Å²) in [5, 5.41) is 2.96. The van der Waals surface area contributed by atoms with Crippen LogP contribution in [0.2, 0.25) is 0 Å². The molecule has 1 rings (SSSR count). The monoisotopic (exact) mass is 273 g/mol. The Morgan fingerprint density at radius 3 is 2.79 bits per heavy atom. The minimum Gasteiger partial charge on any atom is -0.473 e. The Morgan fingerprint density at radius 2 is 2.05 bits per heavy atom. The molecule has 1 aromatic rings. The quantitative estimate of drug-likeness (QED) is 0.651. The van der Waals surface area contributed by atoms with Gasteiger partial charge in [0, 0.05) is 13.7 Å². The molecule has 0 aliphatic carbocycles. The largest absolute Gasteiger partial charge is 0.473 e. The molecule has 0 saturated carbocycles. The normalized spacial score (nSPS) is 10.5. The zero-order valence-corrected chi connectivity index (χ0v) is 11.3. The van der Waals surface area contributed by atoms with E-state index in [-0.39, 0.29) is 12.5 Å². The maximum Gasteiger partial charge on any atom is 0.255 e. The van der Waals surface area contributed by atoms with Gasteiger partial charge >= 0.3 is 0 Å². The first-order valence-electron chi connectivity index (χ1n) is 6.23. The highest BCUT2D eigenvalue weighted by molar-refractivity contribution is 5.28. The summed E-state index contributed by atoms with van der Waals surface area (Å²) in [5.41, 5.74) is 0. The van der Waals surface area contributed by atoms with E-state index >= 15 is 0 Å². The van der Waals surface area contributed by atoms with E-state index in [2.05, 4.69) is 15.3 Å². The van der Waals surface area contributed by atoms with Gasteiger partial charge in [0.15, 0.2) is 0 Å². The van der Waals surface area contributed by atoms with Gasteiger partial charge < -0.3 is 19.5 Å². The minimum atomic E-state index is -0.584. The molecule has 0 aliphatic rings. The summed E-state index contributed by atoms with van der Waals surface area (Å²) in [6, 6.07) is 0. The molecule has 0 aromatic carbocycles. The van der Waals surface area contributed by atoms with E-state index in [0.717, 1.165) is 19.2 Å². The van der Waals surface area contributed by atoms with E-state index in [0.29, 0.717) is 25.8 Å². The number of nitrogens with zero attached hydrogens (tertiary/aromatic N) is 2. The first kappa shape index (κ1) is 15.6. The highest BCUT2D eigenvalue weighted by Crippen LogP contribution is 2.14. The molecule has 0 atom stereocenters. The third-order valence-electron chi connectivity index (χ3n) is 2.14. The van der Waals surface area contributed by atoms with E-state index in [1.807, 2.05) is 6.92 Å². The summed E-state index contributed by atoms with van der Waals surface area (Å²) in [4.78, 5) is 7.76. The lowest BCUT2D eigenvalue weighted by atomic mass is 10.5. The molecule has 0 saturated heterocycles. The third kappa shape index (κ3) is 6.30. The molecule has 0 fully saturated rings. The Balaban J connectivity index is 2.34. The number of halogens is 1. The number of methoxy groups -OCH3 is 1. The van der Waals surface area contributed by atoms with Gasteiger partial charge in [-0.1, -0.05) is 6.92 Å². The molecule has 0 unspecified atom stereocenters. The van der Waals surface area contributed by atoms with Crippen LogP contribution in [0, 0.1) is 5.82 Å². The predicted octanol–water partition coefficient (Wildman–Crippen LogP) is 1.48. The highest BCUT2D eigenvalue weighted by atomic mass is 19.1. The van der Waals surface area contributed by atoms with Gasteiger partial charge in [0.2, 0.25) is 11.8 Å². The van der Waals surface area contributed by atoms with Gasteiger partial charge in [0.25, 0.3) is 5.88 Å². The lowest BCUT2D eigenvalue weighted by Crippen LogP contribution is -2.12. The summed E-state index contributed by atoms with van der Waals surface area (Å²) in [5.74, 6) is -0.290. The van der Waals surface area contributed by atoms with Gasteiger partial charge in [0.1, 0.15) is 6.61 Å². The molecule has 0 bridgehead atoms. The Morgan fingerprint density at radius 1 is 1.26 bits per heavy atom. The first-order chi connectivity index (χ1) is 9.27. The van der Waals surface area contributed by atoms with E-state index in [9.17, 15) is 4.39 Å². The lowest BCUT2D eigenvalue weighted by Gasteiger charge is -2.08. The van der Waals surface area contributed by atoms with Crippen molar-refractivity contribution >= 4 is 5.95 Å². The highest BCUT2D eigenvalue weighted by Gasteiger charge is 2.07. The average molecular weight is 273 g/mol. The van der Waals surface area contributed by atoms with Gasteiger partial charge in [-0.25, -0.2) is 4.98 Å². The summed E-state index contributed by atoms with van der Waals surface area (Å²) in [6.45, 7) is 4.33. The fourth-order valence-electron chi connectivity index (χ4n) is 1.22. The van der Waals surface area contributed by atoms with Crippen molar-refractivity contribution in [2.24, 2.45) is 0 Å². The van der Waals surface area contributed by atoms with E-state index in [1.54, 1.807) is 7.11 Å².